The molecule has 0 spiro atoms. The van der Waals surface area contributed by atoms with Gasteiger partial charge in [-0.15, -0.1) is 0 Å². The molecule has 0 unspecified atom stereocenters. The van der Waals surface area contributed by atoms with Crippen molar-refractivity contribution in [3.63, 3.8) is 0 Å². The molecule has 0 saturated heterocycles. The number of methoxy groups -OCH3 is 1. The number of nitrogens with one attached hydrogen (secondary N) is 1. The zero-order valence-electron chi connectivity index (χ0n) is 13.0. The van der Waals surface area contributed by atoms with E-state index < -0.39 is 10.0 Å². The van der Waals surface area contributed by atoms with Gasteiger partial charge in [0, 0.05) is 6.54 Å². The van der Waals surface area contributed by atoms with Crippen LogP contribution in [0.3, 0.4) is 0 Å². The molecule has 6 heteroatoms. The molecule has 22 heavy (non-hydrogen) atoms. The second-order valence-corrected chi connectivity index (χ2v) is 8.77. The van der Waals surface area contributed by atoms with E-state index in [0.29, 0.717) is 23.1 Å². The lowest BCUT2D eigenvalue weighted by Crippen LogP contribution is -2.26. The molecule has 0 bridgehead atoms. The molecule has 124 valence electrons. The van der Waals surface area contributed by atoms with Gasteiger partial charge in [-0.05, 0) is 53.1 Å². The van der Waals surface area contributed by atoms with Crippen LogP contribution in [0.15, 0.2) is 23.1 Å². The average Bonchev–Trinajstić information content (AvgIpc) is 2.76. The average molecular weight is 437 g/mol. The third-order valence-corrected chi connectivity index (χ3v) is 6.55. The number of rotatable bonds is 6. The predicted molar refractivity (Wildman–Crippen MR) is 96.7 cm³/mol. The molecule has 1 fully saturated rings. The molecule has 1 N–H and O–H groups in total. The summed E-state index contributed by atoms with van der Waals surface area (Å²) < 4.78 is 33.4. The minimum atomic E-state index is -3.43. The van der Waals surface area contributed by atoms with E-state index in [1.807, 2.05) is 0 Å². The number of sulfonamides is 1. The predicted octanol–water partition coefficient (Wildman–Crippen LogP) is 3.94. The van der Waals surface area contributed by atoms with Gasteiger partial charge in [-0.2, -0.15) is 0 Å². The molecule has 4 nitrogen and oxygen atoms in total. The summed E-state index contributed by atoms with van der Waals surface area (Å²) in [5.41, 5.74) is 0. The molecule has 1 aliphatic rings. The van der Waals surface area contributed by atoms with E-state index in [2.05, 4.69) is 27.3 Å². The Morgan fingerprint density at radius 3 is 2.50 bits per heavy atom. The summed E-state index contributed by atoms with van der Waals surface area (Å²) in [6.45, 7) is 0.523. The maximum Gasteiger partial charge on any atom is 0.240 e. The number of benzene rings is 1. The van der Waals surface area contributed by atoms with Gasteiger partial charge in [-0.3, -0.25) is 0 Å². The normalized spacial score (nSPS) is 17.2. The Hall–Kier alpha value is -0.340. The van der Waals surface area contributed by atoms with Crippen LogP contribution in [-0.4, -0.2) is 22.1 Å². The molecule has 1 saturated carbocycles. The first-order valence-electron chi connectivity index (χ1n) is 7.86. The van der Waals surface area contributed by atoms with Gasteiger partial charge in [-0.25, -0.2) is 13.1 Å². The van der Waals surface area contributed by atoms with Crippen molar-refractivity contribution in [3.05, 3.63) is 21.8 Å². The first-order chi connectivity index (χ1) is 10.5. The topological polar surface area (TPSA) is 55.4 Å². The number of ether oxygens (including phenoxy) is 1. The van der Waals surface area contributed by atoms with Crippen LogP contribution in [0, 0.1) is 9.49 Å². The maximum absolute atomic E-state index is 12.3. The van der Waals surface area contributed by atoms with Crippen LogP contribution in [0.2, 0.25) is 0 Å². The highest BCUT2D eigenvalue weighted by Gasteiger charge is 2.17. The van der Waals surface area contributed by atoms with Crippen LogP contribution in [0.4, 0.5) is 0 Å². The number of halogens is 1. The van der Waals surface area contributed by atoms with Crippen molar-refractivity contribution in [1.82, 2.24) is 4.72 Å². The lowest BCUT2D eigenvalue weighted by Gasteiger charge is -2.14. The van der Waals surface area contributed by atoms with Gasteiger partial charge in [0.2, 0.25) is 10.0 Å². The van der Waals surface area contributed by atoms with Crippen molar-refractivity contribution in [2.45, 2.75) is 49.8 Å². The summed E-state index contributed by atoms with van der Waals surface area (Å²) in [6.07, 6.45) is 8.64. The Bertz CT molecular complexity index is 581. The van der Waals surface area contributed by atoms with Crippen LogP contribution in [0.1, 0.15) is 44.9 Å². The molecule has 0 heterocycles. The monoisotopic (exact) mass is 437 g/mol. The molecule has 0 aliphatic heterocycles. The lowest BCUT2D eigenvalue weighted by atomic mass is 9.97. The fourth-order valence-electron chi connectivity index (χ4n) is 2.95. The molecular weight excluding hydrogens is 413 g/mol. The molecule has 1 aromatic rings. The smallest absolute Gasteiger partial charge is 0.240 e. The Balaban J connectivity index is 1.91. The van der Waals surface area contributed by atoms with E-state index in [1.165, 1.54) is 38.5 Å². The van der Waals surface area contributed by atoms with Crippen LogP contribution in [0.25, 0.3) is 0 Å². The van der Waals surface area contributed by atoms with Crippen molar-refractivity contribution in [3.8, 4) is 5.75 Å². The van der Waals surface area contributed by atoms with E-state index >= 15 is 0 Å². The molecule has 2 rings (SSSR count). The molecular formula is C16H24INO3S. The summed E-state index contributed by atoms with van der Waals surface area (Å²) in [5.74, 6) is 1.36. The zero-order valence-corrected chi connectivity index (χ0v) is 16.0. The van der Waals surface area contributed by atoms with Crippen molar-refractivity contribution in [1.29, 1.82) is 0 Å². The van der Waals surface area contributed by atoms with Gasteiger partial charge >= 0.3 is 0 Å². The van der Waals surface area contributed by atoms with E-state index in [1.54, 1.807) is 25.3 Å². The minimum absolute atomic E-state index is 0.304. The third kappa shape index (κ3) is 5.09. The van der Waals surface area contributed by atoms with E-state index in [-0.39, 0.29) is 0 Å². The van der Waals surface area contributed by atoms with Gasteiger partial charge in [0.15, 0.2) is 0 Å². The van der Waals surface area contributed by atoms with Crippen molar-refractivity contribution in [2.75, 3.05) is 13.7 Å². The minimum Gasteiger partial charge on any atom is -0.496 e. The maximum atomic E-state index is 12.3. The van der Waals surface area contributed by atoms with Crippen molar-refractivity contribution in [2.24, 2.45) is 5.92 Å². The van der Waals surface area contributed by atoms with Crippen molar-refractivity contribution >= 4 is 32.6 Å². The van der Waals surface area contributed by atoms with Gasteiger partial charge in [0.25, 0.3) is 0 Å². The second-order valence-electron chi connectivity index (χ2n) is 5.84. The molecule has 1 aromatic carbocycles. The first-order valence-corrected chi connectivity index (χ1v) is 10.4. The van der Waals surface area contributed by atoms with Crippen molar-refractivity contribution < 1.29 is 13.2 Å². The van der Waals surface area contributed by atoms with Crippen LogP contribution in [-0.2, 0) is 10.0 Å². The largest absolute Gasteiger partial charge is 0.496 e. The van der Waals surface area contributed by atoms with Gasteiger partial charge in [-0.1, -0.05) is 38.5 Å². The Labute approximate surface area is 147 Å². The molecule has 1 aliphatic carbocycles. The SMILES string of the molecule is COc1ccc(S(=O)(=O)NCCC2CCCCCC2)cc1I. The van der Waals surface area contributed by atoms with Crippen LogP contribution >= 0.6 is 22.6 Å². The van der Waals surface area contributed by atoms with E-state index in [0.717, 1.165) is 9.99 Å². The Kier molecular flexibility index (Phi) is 6.95. The van der Waals surface area contributed by atoms with Crippen LogP contribution < -0.4 is 9.46 Å². The number of hydrogen-bond acceptors (Lipinski definition) is 3. The fourth-order valence-corrected chi connectivity index (χ4v) is 4.97. The summed E-state index contributed by atoms with van der Waals surface area (Å²) >= 11 is 2.09. The highest BCUT2D eigenvalue weighted by atomic mass is 127. The van der Waals surface area contributed by atoms with Gasteiger partial charge in [0.1, 0.15) is 5.75 Å². The Morgan fingerprint density at radius 2 is 1.91 bits per heavy atom. The second kappa shape index (κ2) is 8.49. The number of hydrogen-bond donors (Lipinski definition) is 1. The zero-order chi connectivity index (χ0) is 16.0. The van der Waals surface area contributed by atoms with E-state index in [4.69, 9.17) is 4.74 Å². The highest BCUT2D eigenvalue weighted by molar-refractivity contribution is 14.1. The Morgan fingerprint density at radius 1 is 1.23 bits per heavy atom. The third-order valence-electron chi connectivity index (χ3n) is 4.25. The fraction of sp³-hybridized carbons (Fsp3) is 0.625. The lowest BCUT2D eigenvalue weighted by molar-refractivity contribution is 0.411. The summed E-state index contributed by atoms with van der Waals surface area (Å²) in [7, 11) is -1.85. The van der Waals surface area contributed by atoms with Gasteiger partial charge < -0.3 is 4.74 Å². The summed E-state index contributed by atoms with van der Waals surface area (Å²) in [6, 6.07) is 4.93. The highest BCUT2D eigenvalue weighted by Crippen LogP contribution is 2.26. The molecule has 0 aromatic heterocycles. The molecule has 0 atom stereocenters. The first kappa shape index (κ1) is 18.0. The quantitative estimate of drug-likeness (QED) is 0.542. The van der Waals surface area contributed by atoms with Crippen LogP contribution in [0.5, 0.6) is 5.75 Å². The molecule has 0 amide bonds. The van der Waals surface area contributed by atoms with Gasteiger partial charge in [0.05, 0.1) is 15.6 Å². The standard InChI is InChI=1S/C16H24INO3S/c1-21-16-9-8-14(12-15(16)17)22(19,20)18-11-10-13-6-4-2-3-5-7-13/h8-9,12-13,18H,2-7,10-11H2,1H3. The molecule has 0 radical (unpaired) electrons. The summed E-state index contributed by atoms with van der Waals surface area (Å²) in [4.78, 5) is 0.304. The summed E-state index contributed by atoms with van der Waals surface area (Å²) in [5, 5.41) is 0. The van der Waals surface area contributed by atoms with E-state index in [9.17, 15) is 8.42 Å².